The van der Waals surface area contributed by atoms with Gasteiger partial charge >= 0.3 is 11.9 Å². The number of benzene rings is 3. The van der Waals surface area contributed by atoms with Crippen LogP contribution < -0.4 is 4.74 Å². The van der Waals surface area contributed by atoms with Crippen LogP contribution in [-0.4, -0.2) is 17.0 Å². The van der Waals surface area contributed by atoms with Crippen molar-refractivity contribution in [1.29, 1.82) is 0 Å². The molecule has 0 bridgehead atoms. The fraction of sp³-hybridized carbons (Fsp3) is 0.333. The van der Waals surface area contributed by atoms with Crippen LogP contribution in [0.3, 0.4) is 0 Å². The minimum absolute atomic E-state index is 0.193. The molecule has 0 amide bonds. The molecule has 1 unspecified atom stereocenters. The van der Waals surface area contributed by atoms with E-state index >= 15 is 0 Å². The van der Waals surface area contributed by atoms with Crippen molar-refractivity contribution in [3.8, 4) is 5.75 Å². The van der Waals surface area contributed by atoms with E-state index in [0.717, 1.165) is 40.8 Å². The smallest absolute Gasteiger partial charge is 0.339 e. The fourth-order valence-electron chi connectivity index (χ4n) is 4.78. The van der Waals surface area contributed by atoms with Crippen LogP contribution >= 0.6 is 0 Å². The van der Waals surface area contributed by atoms with Gasteiger partial charge in [-0.3, -0.25) is 0 Å². The van der Waals surface area contributed by atoms with Gasteiger partial charge in [-0.1, -0.05) is 57.2 Å². The van der Waals surface area contributed by atoms with Gasteiger partial charge in [-0.05, 0) is 66.0 Å². The third-order valence-corrected chi connectivity index (χ3v) is 6.42. The summed E-state index contributed by atoms with van der Waals surface area (Å²) in [5.74, 6) is -0.768. The van der Waals surface area contributed by atoms with Crippen molar-refractivity contribution in [1.82, 2.24) is 0 Å². The molecule has 1 aliphatic carbocycles. The lowest BCUT2D eigenvalue weighted by Gasteiger charge is -2.22. The molecule has 0 saturated heterocycles. The number of carboxylic acid groups (broad SMARTS) is 1. The Morgan fingerprint density at radius 3 is 2.52 bits per heavy atom. The van der Waals surface area contributed by atoms with Crippen LogP contribution in [0.4, 0.5) is 0 Å². The van der Waals surface area contributed by atoms with Gasteiger partial charge in [-0.15, -0.1) is 0 Å². The molecule has 1 atom stereocenters. The van der Waals surface area contributed by atoms with E-state index in [2.05, 4.69) is 32.0 Å². The molecule has 0 heterocycles. The normalized spacial score (nSPS) is 16.7. The zero-order chi connectivity index (χ0) is 22.1. The second kappa shape index (κ2) is 8.54. The van der Waals surface area contributed by atoms with Gasteiger partial charge in [0.05, 0.1) is 0 Å². The molecular weight excluding hydrogens is 388 g/mol. The highest BCUT2D eigenvalue weighted by molar-refractivity contribution is 6.10. The van der Waals surface area contributed by atoms with E-state index in [1.165, 1.54) is 11.1 Å². The zero-order valence-electron chi connectivity index (χ0n) is 18.3. The highest BCUT2D eigenvalue weighted by Crippen LogP contribution is 2.40. The van der Waals surface area contributed by atoms with Gasteiger partial charge < -0.3 is 9.84 Å². The molecule has 0 fully saturated rings. The Morgan fingerprint density at radius 2 is 1.81 bits per heavy atom. The molecule has 1 N–H and O–H groups in total. The number of carbonyl (C=O) groups is 2. The van der Waals surface area contributed by atoms with Crippen LogP contribution in [0.15, 0.2) is 53.6 Å². The van der Waals surface area contributed by atoms with Crippen molar-refractivity contribution >= 4 is 33.5 Å². The maximum Gasteiger partial charge on any atom is 0.339 e. The molecule has 1 aliphatic rings. The standard InChI is InChI=1S/C27H28O4/c1-4-17-11-12-19-15-18-8-6-7-9-21(18)25(24(19)20(17)5-2)31-27(30)22-13-10-16(3)14-23(22)26(28)29/h6-9,11-12,15-16H,4-5,10,13-14H2,1-3H3,(H,28,29). The summed E-state index contributed by atoms with van der Waals surface area (Å²) in [6, 6.07) is 14.2. The average molecular weight is 417 g/mol. The molecule has 0 aliphatic heterocycles. The molecule has 160 valence electrons. The zero-order valence-corrected chi connectivity index (χ0v) is 18.3. The maximum absolute atomic E-state index is 13.3. The van der Waals surface area contributed by atoms with Crippen LogP contribution in [0.25, 0.3) is 21.5 Å². The number of hydrogen-bond acceptors (Lipinski definition) is 3. The topological polar surface area (TPSA) is 63.6 Å². The lowest BCUT2D eigenvalue weighted by atomic mass is 9.85. The number of aliphatic carboxylic acids is 1. The molecule has 0 radical (unpaired) electrons. The molecule has 4 rings (SSSR count). The Labute approximate surface area is 182 Å². The fourth-order valence-corrected chi connectivity index (χ4v) is 4.78. The molecule has 0 aromatic heterocycles. The second-order valence-corrected chi connectivity index (χ2v) is 8.44. The summed E-state index contributed by atoms with van der Waals surface area (Å²) in [6.45, 7) is 6.26. The van der Waals surface area contributed by atoms with E-state index in [1.807, 2.05) is 31.2 Å². The van der Waals surface area contributed by atoms with Gasteiger partial charge in [0.25, 0.3) is 0 Å². The lowest BCUT2D eigenvalue weighted by Crippen LogP contribution is -2.22. The van der Waals surface area contributed by atoms with Crippen LogP contribution in [-0.2, 0) is 22.4 Å². The molecule has 31 heavy (non-hydrogen) atoms. The monoisotopic (exact) mass is 416 g/mol. The van der Waals surface area contributed by atoms with Crippen LogP contribution in [0, 0.1) is 5.92 Å². The number of esters is 1. The Kier molecular flexibility index (Phi) is 5.81. The minimum atomic E-state index is -1.02. The van der Waals surface area contributed by atoms with E-state index in [-0.39, 0.29) is 11.5 Å². The van der Waals surface area contributed by atoms with E-state index in [1.54, 1.807) is 0 Å². The third kappa shape index (κ3) is 3.83. The van der Waals surface area contributed by atoms with Gasteiger partial charge in [0.1, 0.15) is 5.75 Å². The van der Waals surface area contributed by atoms with Gasteiger partial charge in [-0.2, -0.15) is 0 Å². The predicted octanol–water partition coefficient (Wildman–Crippen LogP) is 6.22. The second-order valence-electron chi connectivity index (χ2n) is 8.44. The number of aryl methyl sites for hydroxylation is 2. The SMILES string of the molecule is CCc1ccc2cc3ccccc3c(OC(=O)C3=C(C(=O)O)CC(C)CC3)c2c1CC. The molecule has 4 nitrogen and oxygen atoms in total. The quantitative estimate of drug-likeness (QED) is 0.304. The minimum Gasteiger partial charge on any atom is -0.478 e. The van der Waals surface area contributed by atoms with Gasteiger partial charge in [0, 0.05) is 21.9 Å². The van der Waals surface area contributed by atoms with E-state index in [4.69, 9.17) is 4.74 Å². The maximum atomic E-state index is 13.3. The first-order chi connectivity index (χ1) is 14.9. The molecular formula is C27H28O4. The summed E-state index contributed by atoms with van der Waals surface area (Å²) in [6.07, 6.45) is 3.34. The first kappa shape index (κ1) is 21.1. The van der Waals surface area contributed by atoms with E-state index in [0.29, 0.717) is 24.2 Å². The van der Waals surface area contributed by atoms with Crippen LogP contribution in [0.5, 0.6) is 5.75 Å². The van der Waals surface area contributed by atoms with Gasteiger partial charge in [-0.25, -0.2) is 9.59 Å². The Balaban J connectivity index is 1.94. The van der Waals surface area contributed by atoms with Crippen molar-refractivity contribution in [2.45, 2.75) is 52.9 Å². The predicted molar refractivity (Wildman–Crippen MR) is 124 cm³/mol. The highest BCUT2D eigenvalue weighted by Gasteiger charge is 2.29. The van der Waals surface area contributed by atoms with Crippen molar-refractivity contribution in [3.63, 3.8) is 0 Å². The summed E-state index contributed by atoms with van der Waals surface area (Å²) in [5, 5.41) is 13.5. The number of rotatable bonds is 5. The van der Waals surface area contributed by atoms with E-state index in [9.17, 15) is 14.7 Å². The van der Waals surface area contributed by atoms with E-state index < -0.39 is 11.9 Å². The van der Waals surface area contributed by atoms with Gasteiger partial charge in [0.2, 0.25) is 0 Å². The summed E-state index contributed by atoms with van der Waals surface area (Å²) in [5.41, 5.74) is 2.91. The first-order valence-electron chi connectivity index (χ1n) is 11.1. The average Bonchev–Trinajstić information content (AvgIpc) is 2.77. The Morgan fingerprint density at radius 1 is 1.03 bits per heavy atom. The third-order valence-electron chi connectivity index (χ3n) is 6.42. The Bertz CT molecular complexity index is 1220. The molecule has 4 heteroatoms. The molecule has 3 aromatic rings. The first-order valence-corrected chi connectivity index (χ1v) is 11.1. The van der Waals surface area contributed by atoms with Crippen molar-refractivity contribution in [2.24, 2.45) is 5.92 Å². The number of carbonyl (C=O) groups excluding carboxylic acids is 1. The van der Waals surface area contributed by atoms with Crippen molar-refractivity contribution in [3.05, 3.63) is 64.7 Å². The molecule has 0 saturated carbocycles. The van der Waals surface area contributed by atoms with Crippen molar-refractivity contribution < 1.29 is 19.4 Å². The number of carboxylic acids is 1. The Hall–Kier alpha value is -3.14. The number of ether oxygens (including phenoxy) is 1. The summed E-state index contributed by atoms with van der Waals surface area (Å²) >= 11 is 0. The van der Waals surface area contributed by atoms with Crippen molar-refractivity contribution in [2.75, 3.05) is 0 Å². The largest absolute Gasteiger partial charge is 0.478 e. The summed E-state index contributed by atoms with van der Waals surface area (Å²) < 4.78 is 6.08. The summed E-state index contributed by atoms with van der Waals surface area (Å²) in [7, 11) is 0. The van der Waals surface area contributed by atoms with Crippen LogP contribution in [0.1, 0.15) is 51.2 Å². The van der Waals surface area contributed by atoms with Gasteiger partial charge in [0.15, 0.2) is 0 Å². The lowest BCUT2D eigenvalue weighted by molar-refractivity contribution is -0.135. The molecule has 0 spiro atoms. The highest BCUT2D eigenvalue weighted by atomic mass is 16.5. The number of fused-ring (bicyclic) bond motifs is 2. The summed E-state index contributed by atoms with van der Waals surface area (Å²) in [4.78, 5) is 25.1. The number of hydrogen-bond donors (Lipinski definition) is 1. The molecule has 3 aromatic carbocycles. The van der Waals surface area contributed by atoms with Crippen LogP contribution in [0.2, 0.25) is 0 Å².